The van der Waals surface area contributed by atoms with Crippen LogP contribution in [0, 0.1) is 0 Å². The number of rotatable bonds is 13. The molecule has 0 spiro atoms. The molecule has 0 aliphatic heterocycles. The molecule has 0 saturated heterocycles. The van der Waals surface area contributed by atoms with E-state index in [1.165, 1.54) is 12.3 Å². The average molecular weight is 482 g/mol. The SMILES string of the molecule is CCCCN(CCCC)Cc1c(O)ccc2c(=O)c(Oc3ccc(C(=O)OCCC)cc3)coc12. The van der Waals surface area contributed by atoms with Gasteiger partial charge in [0.2, 0.25) is 11.2 Å². The molecule has 0 aliphatic rings. The van der Waals surface area contributed by atoms with Gasteiger partial charge in [-0.3, -0.25) is 9.69 Å². The van der Waals surface area contributed by atoms with E-state index in [-0.39, 0.29) is 16.9 Å². The number of hydrogen-bond acceptors (Lipinski definition) is 7. The molecule has 0 radical (unpaired) electrons. The van der Waals surface area contributed by atoms with E-state index in [2.05, 4.69) is 18.7 Å². The molecule has 0 fully saturated rings. The molecule has 1 N–H and O–H groups in total. The molecule has 0 unspecified atom stereocenters. The summed E-state index contributed by atoms with van der Waals surface area (Å²) < 4.78 is 16.7. The molecular weight excluding hydrogens is 446 g/mol. The van der Waals surface area contributed by atoms with Gasteiger partial charge in [0.15, 0.2) is 0 Å². The van der Waals surface area contributed by atoms with Crippen LogP contribution in [0.3, 0.4) is 0 Å². The van der Waals surface area contributed by atoms with Crippen LogP contribution in [0.5, 0.6) is 17.2 Å². The van der Waals surface area contributed by atoms with Crippen LogP contribution in [0.2, 0.25) is 0 Å². The molecule has 35 heavy (non-hydrogen) atoms. The Hall–Kier alpha value is -3.32. The van der Waals surface area contributed by atoms with Crippen LogP contribution in [0.1, 0.15) is 68.8 Å². The summed E-state index contributed by atoms with van der Waals surface area (Å²) in [5, 5.41) is 10.9. The molecule has 0 atom stereocenters. The average Bonchev–Trinajstić information content (AvgIpc) is 2.87. The van der Waals surface area contributed by atoms with Gasteiger partial charge in [0.25, 0.3) is 0 Å². The molecule has 0 bridgehead atoms. The quantitative estimate of drug-likeness (QED) is 0.288. The fraction of sp³-hybridized carbons (Fsp3) is 0.429. The molecule has 7 heteroatoms. The predicted molar refractivity (Wildman–Crippen MR) is 136 cm³/mol. The first-order valence-electron chi connectivity index (χ1n) is 12.4. The van der Waals surface area contributed by atoms with Crippen LogP contribution < -0.4 is 10.2 Å². The molecule has 188 valence electrons. The number of phenols is 1. The van der Waals surface area contributed by atoms with Crippen LogP contribution in [-0.4, -0.2) is 35.7 Å². The summed E-state index contributed by atoms with van der Waals surface area (Å²) in [5.41, 5.74) is 1.06. The maximum absolute atomic E-state index is 13.2. The molecule has 0 saturated carbocycles. The number of esters is 1. The Bertz CT molecular complexity index is 1160. The molecule has 2 aromatic carbocycles. The van der Waals surface area contributed by atoms with Gasteiger partial charge in [0, 0.05) is 6.54 Å². The largest absolute Gasteiger partial charge is 0.507 e. The normalized spacial score (nSPS) is 11.2. The molecule has 1 heterocycles. The summed E-state index contributed by atoms with van der Waals surface area (Å²) in [5.74, 6) is 0.137. The maximum Gasteiger partial charge on any atom is 0.338 e. The van der Waals surface area contributed by atoms with E-state index in [1.807, 2.05) is 6.92 Å². The Morgan fingerprint density at radius 1 is 0.971 bits per heavy atom. The Labute approximate surface area is 206 Å². The van der Waals surface area contributed by atoms with Crippen LogP contribution >= 0.6 is 0 Å². The summed E-state index contributed by atoms with van der Waals surface area (Å²) in [6, 6.07) is 9.48. The minimum atomic E-state index is -0.400. The summed E-state index contributed by atoms with van der Waals surface area (Å²) >= 11 is 0. The lowest BCUT2D eigenvalue weighted by Gasteiger charge is -2.23. The number of carbonyl (C=O) groups excluding carboxylic acids is 1. The number of carbonyl (C=O) groups is 1. The highest BCUT2D eigenvalue weighted by molar-refractivity contribution is 5.89. The lowest BCUT2D eigenvalue weighted by Crippen LogP contribution is -2.26. The van der Waals surface area contributed by atoms with E-state index in [4.69, 9.17) is 13.9 Å². The van der Waals surface area contributed by atoms with Crippen molar-refractivity contribution >= 4 is 16.9 Å². The van der Waals surface area contributed by atoms with Crippen molar-refractivity contribution in [3.05, 3.63) is 64.0 Å². The van der Waals surface area contributed by atoms with Gasteiger partial charge in [-0.25, -0.2) is 4.79 Å². The van der Waals surface area contributed by atoms with Crippen molar-refractivity contribution in [1.82, 2.24) is 4.90 Å². The number of phenolic OH excluding ortho intramolecular Hbond substituents is 1. The highest BCUT2D eigenvalue weighted by atomic mass is 16.5. The van der Waals surface area contributed by atoms with Crippen molar-refractivity contribution in [3.63, 3.8) is 0 Å². The van der Waals surface area contributed by atoms with Gasteiger partial charge in [-0.15, -0.1) is 0 Å². The Balaban J connectivity index is 1.84. The van der Waals surface area contributed by atoms with E-state index in [1.54, 1.807) is 30.3 Å². The first-order valence-corrected chi connectivity index (χ1v) is 12.4. The van der Waals surface area contributed by atoms with E-state index in [9.17, 15) is 14.7 Å². The summed E-state index contributed by atoms with van der Waals surface area (Å²) in [7, 11) is 0. The first-order chi connectivity index (χ1) is 17.0. The lowest BCUT2D eigenvalue weighted by atomic mass is 10.1. The number of benzene rings is 2. The van der Waals surface area contributed by atoms with Gasteiger partial charge >= 0.3 is 5.97 Å². The Kier molecular flexibility index (Phi) is 9.73. The van der Waals surface area contributed by atoms with Crippen LogP contribution in [-0.2, 0) is 11.3 Å². The first kappa shape index (κ1) is 26.3. The van der Waals surface area contributed by atoms with Crippen LogP contribution in [0.25, 0.3) is 11.0 Å². The topological polar surface area (TPSA) is 89.2 Å². The second-order valence-electron chi connectivity index (χ2n) is 8.61. The van der Waals surface area contributed by atoms with E-state index >= 15 is 0 Å². The maximum atomic E-state index is 13.2. The van der Waals surface area contributed by atoms with Gasteiger partial charge in [-0.1, -0.05) is 33.6 Å². The van der Waals surface area contributed by atoms with Gasteiger partial charge in [-0.2, -0.15) is 0 Å². The second-order valence-corrected chi connectivity index (χ2v) is 8.61. The summed E-state index contributed by atoms with van der Waals surface area (Å²) in [4.78, 5) is 27.4. The molecule has 0 aliphatic carbocycles. The third-order valence-corrected chi connectivity index (χ3v) is 5.78. The van der Waals surface area contributed by atoms with Crippen molar-refractivity contribution in [2.45, 2.75) is 59.4 Å². The molecule has 3 rings (SSSR count). The minimum absolute atomic E-state index is 0.0317. The smallest absolute Gasteiger partial charge is 0.338 e. The van der Waals surface area contributed by atoms with Crippen molar-refractivity contribution in [2.24, 2.45) is 0 Å². The third-order valence-electron chi connectivity index (χ3n) is 5.78. The summed E-state index contributed by atoms with van der Waals surface area (Å²) in [6.07, 6.45) is 6.32. The number of fused-ring (bicyclic) bond motifs is 1. The molecule has 1 aromatic heterocycles. The summed E-state index contributed by atoms with van der Waals surface area (Å²) in [6.45, 7) is 8.93. The predicted octanol–water partition coefficient (Wildman–Crippen LogP) is 6.26. The second kappa shape index (κ2) is 13.0. The Morgan fingerprint density at radius 2 is 1.66 bits per heavy atom. The van der Waals surface area contributed by atoms with Crippen molar-refractivity contribution in [2.75, 3.05) is 19.7 Å². The zero-order chi connectivity index (χ0) is 25.2. The third kappa shape index (κ3) is 6.85. The minimum Gasteiger partial charge on any atom is -0.507 e. The molecular formula is C28H35NO6. The van der Waals surface area contributed by atoms with Crippen molar-refractivity contribution in [3.8, 4) is 17.2 Å². The zero-order valence-electron chi connectivity index (χ0n) is 20.8. The number of ether oxygens (including phenoxy) is 2. The zero-order valence-corrected chi connectivity index (χ0v) is 20.8. The molecule has 3 aromatic rings. The number of hydrogen-bond donors (Lipinski definition) is 1. The highest BCUT2D eigenvalue weighted by Gasteiger charge is 2.18. The van der Waals surface area contributed by atoms with Gasteiger partial charge < -0.3 is 19.0 Å². The molecule has 7 nitrogen and oxygen atoms in total. The van der Waals surface area contributed by atoms with E-state index in [0.29, 0.717) is 41.0 Å². The van der Waals surface area contributed by atoms with Gasteiger partial charge in [0.05, 0.1) is 23.1 Å². The Morgan fingerprint density at radius 3 is 2.29 bits per heavy atom. The van der Waals surface area contributed by atoms with Crippen LogP contribution in [0.15, 0.2) is 51.9 Å². The van der Waals surface area contributed by atoms with E-state index in [0.717, 1.165) is 45.2 Å². The van der Waals surface area contributed by atoms with Crippen LogP contribution in [0.4, 0.5) is 0 Å². The number of nitrogens with zero attached hydrogens (tertiary/aromatic N) is 1. The standard InChI is InChI=1S/C28H35NO6/c1-4-7-15-29(16-8-5-2)18-23-24(30)14-13-22-26(31)25(19-34-27(22)23)35-21-11-9-20(10-12-21)28(32)33-17-6-3/h9-14,19,30H,4-8,15-18H2,1-3H3. The van der Waals surface area contributed by atoms with E-state index < -0.39 is 5.97 Å². The fourth-order valence-corrected chi connectivity index (χ4v) is 3.77. The monoisotopic (exact) mass is 481 g/mol. The lowest BCUT2D eigenvalue weighted by molar-refractivity contribution is 0.0505. The van der Waals surface area contributed by atoms with Crippen molar-refractivity contribution < 1.29 is 23.8 Å². The van der Waals surface area contributed by atoms with Gasteiger partial charge in [0.1, 0.15) is 23.3 Å². The number of unbranched alkanes of at least 4 members (excludes halogenated alkanes) is 2. The van der Waals surface area contributed by atoms with Crippen molar-refractivity contribution in [1.29, 1.82) is 0 Å². The number of aromatic hydroxyl groups is 1. The fourth-order valence-electron chi connectivity index (χ4n) is 3.77. The highest BCUT2D eigenvalue weighted by Crippen LogP contribution is 2.30. The van der Waals surface area contributed by atoms with Gasteiger partial charge in [-0.05, 0) is 68.8 Å². The molecule has 0 amide bonds.